The molecule has 0 fully saturated rings. The average molecular weight is 317 g/mol. The maximum absolute atomic E-state index is 6.07. The van der Waals surface area contributed by atoms with Gasteiger partial charge in [0, 0.05) is 27.9 Å². The van der Waals surface area contributed by atoms with E-state index in [4.69, 9.17) is 22.1 Å². The first-order chi connectivity index (χ1) is 9.47. The SMILES string of the molecule is CO[Si](OC)(OC)OCC[Si](C)(C)Oc1ccccc1. The van der Waals surface area contributed by atoms with Crippen LogP contribution in [0.5, 0.6) is 5.75 Å². The maximum Gasteiger partial charge on any atom is 0.678 e. The predicted octanol–water partition coefficient (Wildman–Crippen LogP) is 2.66. The number of hydrogen-bond acceptors (Lipinski definition) is 5. The van der Waals surface area contributed by atoms with Crippen molar-refractivity contribution < 1.29 is 22.1 Å². The van der Waals surface area contributed by atoms with Crippen molar-refractivity contribution in [3.8, 4) is 5.75 Å². The lowest BCUT2D eigenvalue weighted by atomic mass is 10.3. The largest absolute Gasteiger partial charge is 0.678 e. The fourth-order valence-electron chi connectivity index (χ4n) is 1.71. The Hall–Kier alpha value is -0.706. The first kappa shape index (κ1) is 17.3. The third-order valence-corrected chi connectivity index (χ3v) is 7.12. The van der Waals surface area contributed by atoms with E-state index >= 15 is 0 Å². The molecular weight excluding hydrogens is 292 g/mol. The molecule has 0 radical (unpaired) electrons. The molecular formula is C13H24O5Si2. The van der Waals surface area contributed by atoms with Crippen molar-refractivity contribution in [3.05, 3.63) is 30.3 Å². The van der Waals surface area contributed by atoms with Crippen LogP contribution in [0, 0.1) is 0 Å². The van der Waals surface area contributed by atoms with Gasteiger partial charge in [0.25, 0.3) is 0 Å². The monoisotopic (exact) mass is 316 g/mol. The predicted molar refractivity (Wildman–Crippen MR) is 82.1 cm³/mol. The molecule has 0 heterocycles. The van der Waals surface area contributed by atoms with Gasteiger partial charge in [-0.15, -0.1) is 0 Å². The second kappa shape index (κ2) is 7.91. The Morgan fingerprint density at radius 1 is 0.900 bits per heavy atom. The lowest BCUT2D eigenvalue weighted by molar-refractivity contribution is 0.00896. The van der Waals surface area contributed by atoms with E-state index in [-0.39, 0.29) is 0 Å². The normalized spacial score (nSPS) is 12.4. The first-order valence-corrected chi connectivity index (χ1v) is 11.3. The van der Waals surface area contributed by atoms with Crippen molar-refractivity contribution in [2.24, 2.45) is 0 Å². The van der Waals surface area contributed by atoms with Gasteiger partial charge in [-0.05, 0) is 31.3 Å². The highest BCUT2D eigenvalue weighted by atomic mass is 28.4. The van der Waals surface area contributed by atoms with Gasteiger partial charge in [0.15, 0.2) is 0 Å². The summed E-state index contributed by atoms with van der Waals surface area (Å²) in [5.41, 5.74) is 0. The Bertz CT molecular complexity index is 373. The average Bonchev–Trinajstić information content (AvgIpc) is 2.45. The fourth-order valence-corrected chi connectivity index (χ4v) is 4.59. The second-order valence-corrected chi connectivity index (χ2v) is 11.6. The molecule has 0 saturated heterocycles. The van der Waals surface area contributed by atoms with E-state index in [2.05, 4.69) is 13.1 Å². The van der Waals surface area contributed by atoms with Crippen molar-refractivity contribution in [1.29, 1.82) is 0 Å². The maximum atomic E-state index is 6.07. The third kappa shape index (κ3) is 5.35. The lowest BCUT2D eigenvalue weighted by Crippen LogP contribution is -2.47. The van der Waals surface area contributed by atoms with Gasteiger partial charge in [-0.3, -0.25) is 0 Å². The van der Waals surface area contributed by atoms with E-state index in [9.17, 15) is 0 Å². The van der Waals surface area contributed by atoms with Crippen LogP contribution in [0.2, 0.25) is 19.1 Å². The van der Waals surface area contributed by atoms with Gasteiger partial charge in [0.05, 0.1) is 0 Å². The smallest absolute Gasteiger partial charge is 0.544 e. The van der Waals surface area contributed by atoms with E-state index in [0.29, 0.717) is 6.61 Å². The Labute approximate surface area is 123 Å². The zero-order valence-electron chi connectivity index (χ0n) is 12.8. The molecule has 1 aromatic rings. The number of benzene rings is 1. The summed E-state index contributed by atoms with van der Waals surface area (Å²) in [6.07, 6.45) is 0. The van der Waals surface area contributed by atoms with E-state index in [1.807, 2.05) is 30.3 Å². The molecule has 0 N–H and O–H groups in total. The quantitative estimate of drug-likeness (QED) is 0.655. The molecule has 5 nitrogen and oxygen atoms in total. The summed E-state index contributed by atoms with van der Waals surface area (Å²) >= 11 is 0. The standard InChI is InChI=1S/C13H24O5Si2/c1-14-20(15-2,16-3)17-11-12-19(4,5)18-13-9-7-6-8-10-13/h6-10H,11-12H2,1-5H3. The molecule has 0 saturated carbocycles. The van der Waals surface area contributed by atoms with Crippen molar-refractivity contribution in [1.82, 2.24) is 0 Å². The molecule has 0 spiro atoms. The number of para-hydroxylation sites is 1. The summed E-state index contributed by atoms with van der Waals surface area (Å²) < 4.78 is 27.4. The molecule has 114 valence electrons. The molecule has 0 aromatic heterocycles. The van der Waals surface area contributed by atoms with E-state index in [0.717, 1.165) is 11.8 Å². The van der Waals surface area contributed by atoms with Crippen molar-refractivity contribution in [3.63, 3.8) is 0 Å². The van der Waals surface area contributed by atoms with Crippen molar-refractivity contribution in [2.75, 3.05) is 27.9 Å². The van der Waals surface area contributed by atoms with Gasteiger partial charge >= 0.3 is 9.05 Å². The minimum atomic E-state index is -2.94. The molecule has 0 atom stereocenters. The molecule has 0 aliphatic carbocycles. The zero-order chi connectivity index (χ0) is 15.1. The lowest BCUT2D eigenvalue weighted by Gasteiger charge is -2.27. The molecule has 1 rings (SSSR count). The van der Waals surface area contributed by atoms with E-state index in [1.165, 1.54) is 21.3 Å². The van der Waals surface area contributed by atoms with Crippen LogP contribution in [0.25, 0.3) is 0 Å². The van der Waals surface area contributed by atoms with Crippen molar-refractivity contribution in [2.45, 2.75) is 19.1 Å². The molecule has 0 bridgehead atoms. The topological polar surface area (TPSA) is 46.2 Å². The van der Waals surface area contributed by atoms with E-state index < -0.39 is 17.4 Å². The molecule has 20 heavy (non-hydrogen) atoms. The summed E-state index contributed by atoms with van der Waals surface area (Å²) in [7, 11) is -0.204. The van der Waals surface area contributed by atoms with Gasteiger partial charge in [0.2, 0.25) is 8.32 Å². The highest BCUT2D eigenvalue weighted by Gasteiger charge is 2.42. The van der Waals surface area contributed by atoms with Crippen LogP contribution in [0.4, 0.5) is 0 Å². The minimum Gasteiger partial charge on any atom is -0.544 e. The highest BCUT2D eigenvalue weighted by Crippen LogP contribution is 2.19. The summed E-state index contributed by atoms with van der Waals surface area (Å²) in [6, 6.07) is 10.7. The van der Waals surface area contributed by atoms with Crippen LogP contribution < -0.4 is 4.43 Å². The van der Waals surface area contributed by atoms with Crippen LogP contribution in [0.3, 0.4) is 0 Å². The van der Waals surface area contributed by atoms with Gasteiger partial charge < -0.3 is 22.1 Å². The van der Waals surface area contributed by atoms with Crippen LogP contribution in [-0.2, 0) is 17.7 Å². The summed E-state index contributed by atoms with van der Waals surface area (Å²) in [5, 5.41) is 0. The summed E-state index contributed by atoms with van der Waals surface area (Å²) in [4.78, 5) is 0. The molecule has 0 amide bonds. The van der Waals surface area contributed by atoms with Crippen LogP contribution in [-0.4, -0.2) is 45.3 Å². The fraction of sp³-hybridized carbons (Fsp3) is 0.538. The number of hydrogen-bond donors (Lipinski definition) is 0. The Balaban J connectivity index is 2.47. The molecule has 0 aliphatic heterocycles. The van der Waals surface area contributed by atoms with E-state index in [1.54, 1.807) is 0 Å². The summed E-state index contributed by atoms with van der Waals surface area (Å²) in [5.74, 6) is 0.901. The molecule has 1 aromatic carbocycles. The summed E-state index contributed by atoms with van der Waals surface area (Å²) in [6.45, 7) is 4.80. The Morgan fingerprint density at radius 3 is 1.95 bits per heavy atom. The number of rotatable bonds is 9. The van der Waals surface area contributed by atoms with Gasteiger partial charge in [-0.25, -0.2) is 0 Å². The van der Waals surface area contributed by atoms with Crippen LogP contribution >= 0.6 is 0 Å². The van der Waals surface area contributed by atoms with Gasteiger partial charge in [0.1, 0.15) is 5.75 Å². The minimum absolute atomic E-state index is 0.494. The molecule has 7 heteroatoms. The van der Waals surface area contributed by atoms with Crippen molar-refractivity contribution >= 4 is 17.4 Å². The molecule has 0 aliphatic rings. The Morgan fingerprint density at radius 2 is 1.45 bits per heavy atom. The third-order valence-electron chi connectivity index (χ3n) is 2.87. The van der Waals surface area contributed by atoms with Crippen LogP contribution in [0.15, 0.2) is 30.3 Å². The van der Waals surface area contributed by atoms with Gasteiger partial charge in [-0.1, -0.05) is 18.2 Å². The van der Waals surface area contributed by atoms with Gasteiger partial charge in [-0.2, -0.15) is 0 Å². The first-order valence-electron chi connectivity index (χ1n) is 6.50. The zero-order valence-corrected chi connectivity index (χ0v) is 14.8. The second-order valence-electron chi connectivity index (χ2n) is 4.89. The van der Waals surface area contributed by atoms with Crippen LogP contribution in [0.1, 0.15) is 0 Å². The molecule has 0 unspecified atom stereocenters. The highest BCUT2D eigenvalue weighted by molar-refractivity contribution is 6.72. The Kier molecular flexibility index (Phi) is 6.86.